The lowest BCUT2D eigenvalue weighted by atomic mass is 9.86. The number of hydrogen-bond acceptors (Lipinski definition) is 4. The fraction of sp³-hybridized carbons (Fsp3) is 0.409. The summed E-state index contributed by atoms with van der Waals surface area (Å²) in [5.41, 5.74) is 1.51. The van der Waals surface area contributed by atoms with Crippen molar-refractivity contribution in [2.24, 2.45) is 0 Å². The normalized spacial score (nSPS) is 19.6. The highest BCUT2D eigenvalue weighted by molar-refractivity contribution is 6.06. The summed E-state index contributed by atoms with van der Waals surface area (Å²) in [4.78, 5) is 35.5. The maximum atomic E-state index is 13.2. The number of nitrogens with zero attached hydrogens (tertiary/aromatic N) is 4. The number of urea groups is 1. The molecule has 6 heteroatoms. The number of hydrogen-bond donors (Lipinski definition) is 0. The van der Waals surface area contributed by atoms with Crippen molar-refractivity contribution in [1.82, 2.24) is 19.7 Å². The van der Waals surface area contributed by atoms with Gasteiger partial charge in [-0.25, -0.2) is 4.79 Å². The Kier molecular flexibility index (Phi) is 5.13. The molecule has 1 aromatic carbocycles. The topological polar surface area (TPSA) is 56.8 Å². The van der Waals surface area contributed by atoms with Gasteiger partial charge in [0.15, 0.2) is 0 Å². The molecule has 146 valence electrons. The molecule has 0 radical (unpaired) electrons. The Morgan fingerprint density at radius 3 is 2.39 bits per heavy atom. The second kappa shape index (κ2) is 7.72. The van der Waals surface area contributed by atoms with E-state index in [1.807, 2.05) is 18.2 Å². The molecule has 0 unspecified atom stereocenters. The van der Waals surface area contributed by atoms with E-state index in [4.69, 9.17) is 0 Å². The Hall–Kier alpha value is -2.73. The van der Waals surface area contributed by atoms with Gasteiger partial charge in [-0.1, -0.05) is 36.4 Å². The van der Waals surface area contributed by atoms with Crippen molar-refractivity contribution in [2.75, 3.05) is 26.7 Å². The maximum absolute atomic E-state index is 13.2. The van der Waals surface area contributed by atoms with Crippen molar-refractivity contribution < 1.29 is 9.59 Å². The van der Waals surface area contributed by atoms with Crippen LogP contribution >= 0.6 is 0 Å². The molecule has 1 spiro atoms. The first-order chi connectivity index (χ1) is 13.6. The van der Waals surface area contributed by atoms with Gasteiger partial charge in [0.1, 0.15) is 5.54 Å². The molecule has 0 atom stereocenters. The largest absolute Gasteiger partial charge is 0.327 e. The average Bonchev–Trinajstić information content (AvgIpc) is 2.91. The summed E-state index contributed by atoms with van der Waals surface area (Å²) in [5.74, 6) is -0.0634. The van der Waals surface area contributed by atoms with Crippen LogP contribution in [0.15, 0.2) is 54.9 Å². The van der Waals surface area contributed by atoms with Gasteiger partial charge >= 0.3 is 6.03 Å². The van der Waals surface area contributed by atoms with Gasteiger partial charge in [0, 0.05) is 39.1 Å². The second-order valence-electron chi connectivity index (χ2n) is 7.70. The molecule has 0 N–H and O–H groups in total. The summed E-state index contributed by atoms with van der Waals surface area (Å²) in [5, 5.41) is 0. The van der Waals surface area contributed by atoms with Gasteiger partial charge in [-0.05, 0) is 36.5 Å². The van der Waals surface area contributed by atoms with Crippen molar-refractivity contribution in [3.63, 3.8) is 0 Å². The zero-order chi connectivity index (χ0) is 19.6. The number of imide groups is 1. The third kappa shape index (κ3) is 3.40. The Morgan fingerprint density at radius 1 is 1.00 bits per heavy atom. The minimum absolute atomic E-state index is 0.0634. The smallest absolute Gasteiger partial charge is 0.312 e. The van der Waals surface area contributed by atoms with Crippen LogP contribution in [0.25, 0.3) is 0 Å². The predicted octanol–water partition coefficient (Wildman–Crippen LogP) is 2.55. The van der Waals surface area contributed by atoms with Crippen LogP contribution in [0.3, 0.4) is 0 Å². The van der Waals surface area contributed by atoms with E-state index in [0.717, 1.165) is 31.6 Å². The van der Waals surface area contributed by atoms with E-state index in [9.17, 15) is 9.59 Å². The van der Waals surface area contributed by atoms with Crippen molar-refractivity contribution in [1.29, 1.82) is 0 Å². The summed E-state index contributed by atoms with van der Waals surface area (Å²) in [6.07, 6.45) is 5.77. The van der Waals surface area contributed by atoms with Crippen LogP contribution in [-0.4, -0.2) is 63.8 Å². The molecule has 2 fully saturated rings. The third-order valence-corrected chi connectivity index (χ3v) is 6.11. The minimum Gasteiger partial charge on any atom is -0.312 e. The summed E-state index contributed by atoms with van der Waals surface area (Å²) >= 11 is 0. The van der Waals surface area contributed by atoms with Gasteiger partial charge in [0.2, 0.25) is 0 Å². The van der Waals surface area contributed by atoms with Gasteiger partial charge in [-0.2, -0.15) is 0 Å². The summed E-state index contributed by atoms with van der Waals surface area (Å²) in [7, 11) is 1.77. The lowest BCUT2D eigenvalue weighted by Crippen LogP contribution is -2.55. The zero-order valence-electron chi connectivity index (χ0n) is 16.3. The van der Waals surface area contributed by atoms with Crippen LogP contribution < -0.4 is 0 Å². The first-order valence-corrected chi connectivity index (χ1v) is 9.85. The summed E-state index contributed by atoms with van der Waals surface area (Å²) < 4.78 is 0. The number of aromatic nitrogens is 1. The zero-order valence-corrected chi connectivity index (χ0v) is 16.3. The Bertz CT molecular complexity index is 832. The van der Waals surface area contributed by atoms with Crippen molar-refractivity contribution in [2.45, 2.75) is 31.3 Å². The molecule has 1 aromatic heterocycles. The summed E-state index contributed by atoms with van der Waals surface area (Å²) in [6, 6.07) is 14.0. The fourth-order valence-corrected chi connectivity index (χ4v) is 4.29. The van der Waals surface area contributed by atoms with E-state index in [1.54, 1.807) is 24.3 Å². The molecule has 2 aliphatic rings. The van der Waals surface area contributed by atoms with Crippen molar-refractivity contribution in [3.8, 4) is 0 Å². The SMILES string of the molecule is CN1C(=O)N(Cc2cccnc2)C(=O)C12CCN(CCc1ccccc1)CC2. The van der Waals surface area contributed by atoms with Crippen LogP contribution in [0.1, 0.15) is 24.0 Å². The van der Waals surface area contributed by atoms with Crippen LogP contribution in [0, 0.1) is 0 Å². The molecule has 2 saturated heterocycles. The number of likely N-dealkylation sites (N-methyl/N-ethyl adjacent to an activating group) is 1. The molecular formula is C22H26N4O2. The second-order valence-corrected chi connectivity index (χ2v) is 7.70. The first kappa shape index (κ1) is 18.6. The van der Waals surface area contributed by atoms with Crippen LogP contribution in [0.5, 0.6) is 0 Å². The monoisotopic (exact) mass is 378 g/mol. The third-order valence-electron chi connectivity index (χ3n) is 6.11. The first-order valence-electron chi connectivity index (χ1n) is 9.85. The number of carbonyl (C=O) groups is 2. The molecule has 0 bridgehead atoms. The van der Waals surface area contributed by atoms with E-state index in [1.165, 1.54) is 10.5 Å². The molecule has 0 saturated carbocycles. The molecule has 6 nitrogen and oxygen atoms in total. The van der Waals surface area contributed by atoms with Gasteiger partial charge in [-0.15, -0.1) is 0 Å². The Balaban J connectivity index is 1.39. The number of pyridine rings is 1. The predicted molar refractivity (Wildman–Crippen MR) is 106 cm³/mol. The van der Waals surface area contributed by atoms with E-state index >= 15 is 0 Å². The van der Waals surface area contributed by atoms with E-state index in [0.29, 0.717) is 12.8 Å². The summed E-state index contributed by atoms with van der Waals surface area (Å²) in [6.45, 7) is 2.93. The Labute approximate surface area is 165 Å². The van der Waals surface area contributed by atoms with Crippen molar-refractivity contribution in [3.05, 3.63) is 66.0 Å². The Morgan fingerprint density at radius 2 is 1.71 bits per heavy atom. The molecule has 28 heavy (non-hydrogen) atoms. The number of likely N-dealkylation sites (tertiary alicyclic amines) is 1. The standard InChI is InChI=1S/C22H26N4O2/c1-24-21(28)26(17-19-8-5-12-23-16-19)20(27)22(24)10-14-25(15-11-22)13-9-18-6-3-2-4-7-18/h2-8,12,16H,9-11,13-15,17H2,1H3. The number of piperidine rings is 1. The van der Waals surface area contributed by atoms with E-state index < -0.39 is 5.54 Å². The minimum atomic E-state index is -0.692. The molecule has 0 aliphatic carbocycles. The van der Waals surface area contributed by atoms with Crippen LogP contribution in [-0.2, 0) is 17.8 Å². The highest BCUT2D eigenvalue weighted by Crippen LogP contribution is 2.36. The lowest BCUT2D eigenvalue weighted by Gasteiger charge is -2.40. The van der Waals surface area contributed by atoms with Crippen LogP contribution in [0.2, 0.25) is 0 Å². The maximum Gasteiger partial charge on any atom is 0.327 e. The van der Waals surface area contributed by atoms with E-state index in [-0.39, 0.29) is 18.5 Å². The van der Waals surface area contributed by atoms with Gasteiger partial charge < -0.3 is 9.80 Å². The van der Waals surface area contributed by atoms with Gasteiger partial charge in [0.25, 0.3) is 5.91 Å². The quantitative estimate of drug-likeness (QED) is 0.751. The molecular weight excluding hydrogens is 352 g/mol. The highest BCUT2D eigenvalue weighted by atomic mass is 16.2. The van der Waals surface area contributed by atoms with Gasteiger partial charge in [-0.3, -0.25) is 14.7 Å². The van der Waals surface area contributed by atoms with Crippen LogP contribution in [0.4, 0.5) is 4.79 Å². The van der Waals surface area contributed by atoms with Crippen molar-refractivity contribution >= 4 is 11.9 Å². The number of amides is 3. The average molecular weight is 378 g/mol. The fourth-order valence-electron chi connectivity index (χ4n) is 4.29. The highest BCUT2D eigenvalue weighted by Gasteiger charge is 2.56. The number of rotatable bonds is 5. The van der Waals surface area contributed by atoms with Gasteiger partial charge in [0.05, 0.1) is 6.54 Å². The number of carbonyl (C=O) groups excluding carboxylic acids is 2. The lowest BCUT2D eigenvalue weighted by molar-refractivity contribution is -0.135. The molecule has 4 rings (SSSR count). The molecule has 2 aliphatic heterocycles. The van der Waals surface area contributed by atoms with E-state index in [2.05, 4.69) is 34.1 Å². The molecule has 2 aromatic rings. The number of benzene rings is 1. The molecule has 3 amide bonds. The molecule has 3 heterocycles.